The van der Waals surface area contributed by atoms with Gasteiger partial charge in [-0.15, -0.1) is 15.3 Å². The van der Waals surface area contributed by atoms with Crippen molar-refractivity contribution in [2.75, 3.05) is 43.1 Å². The molecule has 0 spiro atoms. The number of rotatable bonds is 5. The van der Waals surface area contributed by atoms with E-state index in [2.05, 4.69) is 27.0 Å². The normalized spacial score (nSPS) is 25.9. The lowest BCUT2D eigenvalue weighted by molar-refractivity contribution is 0.181. The van der Waals surface area contributed by atoms with Gasteiger partial charge in [-0.1, -0.05) is 0 Å². The van der Waals surface area contributed by atoms with Crippen LogP contribution in [0.15, 0.2) is 12.1 Å². The van der Waals surface area contributed by atoms with Gasteiger partial charge in [-0.3, -0.25) is 4.90 Å². The quantitative estimate of drug-likeness (QED) is 0.754. The van der Waals surface area contributed by atoms with E-state index in [9.17, 15) is 8.42 Å². The Morgan fingerprint density at radius 1 is 1.19 bits per heavy atom. The highest BCUT2D eigenvalue weighted by Crippen LogP contribution is 2.38. The average molecular weight is 376 g/mol. The van der Waals surface area contributed by atoms with E-state index >= 15 is 0 Å². The lowest BCUT2D eigenvalue weighted by Crippen LogP contribution is -2.59. The molecule has 5 rings (SSSR count). The molecular weight excluding hydrogens is 352 g/mol. The molecule has 2 saturated heterocycles. The van der Waals surface area contributed by atoms with Crippen LogP contribution < -0.4 is 4.90 Å². The molecular formula is C17H24N6O2S. The van der Waals surface area contributed by atoms with Gasteiger partial charge in [0.1, 0.15) is 5.82 Å². The molecule has 26 heavy (non-hydrogen) atoms. The molecule has 0 bridgehead atoms. The van der Waals surface area contributed by atoms with Gasteiger partial charge in [0.25, 0.3) is 0 Å². The highest BCUT2D eigenvalue weighted by atomic mass is 32.2. The van der Waals surface area contributed by atoms with Crippen molar-refractivity contribution in [1.82, 2.24) is 24.7 Å². The molecule has 1 unspecified atom stereocenters. The Balaban J connectivity index is 1.22. The van der Waals surface area contributed by atoms with E-state index in [1.807, 2.05) is 16.6 Å². The van der Waals surface area contributed by atoms with Crippen LogP contribution in [0.3, 0.4) is 0 Å². The first-order chi connectivity index (χ1) is 12.5. The van der Waals surface area contributed by atoms with E-state index in [0.717, 1.165) is 43.3 Å². The first-order valence-electron chi connectivity index (χ1n) is 9.36. The summed E-state index contributed by atoms with van der Waals surface area (Å²) in [4.78, 5) is 4.58. The maximum Gasteiger partial charge on any atom is 0.178 e. The monoisotopic (exact) mass is 376 g/mol. The van der Waals surface area contributed by atoms with E-state index < -0.39 is 9.84 Å². The van der Waals surface area contributed by atoms with Gasteiger partial charge in [0.05, 0.1) is 11.5 Å². The second kappa shape index (κ2) is 5.88. The molecule has 2 aliphatic heterocycles. The third-order valence-corrected chi connectivity index (χ3v) is 7.73. The Hall–Kier alpha value is -1.74. The van der Waals surface area contributed by atoms with Crippen LogP contribution in [0.5, 0.6) is 0 Å². The van der Waals surface area contributed by atoms with Crippen LogP contribution >= 0.6 is 0 Å². The molecule has 0 radical (unpaired) electrons. The van der Waals surface area contributed by atoms with Gasteiger partial charge in [0, 0.05) is 31.6 Å². The van der Waals surface area contributed by atoms with Crippen molar-refractivity contribution in [3.8, 4) is 0 Å². The standard InChI is InChI=1S/C17H24N6O2S/c1-21(8-12-6-7-26(24,25)11-12)14-9-22(10-14)16-5-4-15-18-19-17(13-2-3-13)23(15)20-16/h4-5,12-14H,2-3,6-11H2,1H3. The topological polar surface area (TPSA) is 83.7 Å². The summed E-state index contributed by atoms with van der Waals surface area (Å²) in [7, 11) is -0.687. The summed E-state index contributed by atoms with van der Waals surface area (Å²) in [6.07, 6.45) is 3.17. The van der Waals surface area contributed by atoms with Crippen LogP contribution in [0.1, 0.15) is 31.0 Å². The number of nitrogens with zero attached hydrogens (tertiary/aromatic N) is 6. The fraction of sp³-hybridized carbons (Fsp3) is 0.706. The molecule has 4 heterocycles. The number of anilines is 1. The molecule has 8 nitrogen and oxygen atoms in total. The SMILES string of the molecule is CN(CC1CCS(=O)(=O)C1)C1CN(c2ccc3nnc(C4CC4)n3n2)C1. The first kappa shape index (κ1) is 16.4. The smallest absolute Gasteiger partial charge is 0.178 e. The summed E-state index contributed by atoms with van der Waals surface area (Å²) in [6.45, 7) is 2.71. The van der Waals surface area contributed by atoms with E-state index in [-0.39, 0.29) is 5.92 Å². The van der Waals surface area contributed by atoms with Gasteiger partial charge in [-0.25, -0.2) is 8.42 Å². The number of aromatic nitrogens is 4. The molecule has 1 saturated carbocycles. The van der Waals surface area contributed by atoms with Gasteiger partial charge in [-0.05, 0) is 44.4 Å². The molecule has 2 aromatic rings. The third kappa shape index (κ3) is 2.96. The first-order valence-corrected chi connectivity index (χ1v) is 11.2. The summed E-state index contributed by atoms with van der Waals surface area (Å²) in [6, 6.07) is 4.46. The number of hydrogen-bond acceptors (Lipinski definition) is 7. The highest BCUT2D eigenvalue weighted by Gasteiger charge is 2.35. The van der Waals surface area contributed by atoms with Crippen molar-refractivity contribution in [2.45, 2.75) is 31.2 Å². The summed E-state index contributed by atoms with van der Waals surface area (Å²) in [5, 5.41) is 13.3. The van der Waals surface area contributed by atoms with Gasteiger partial charge in [0.15, 0.2) is 21.3 Å². The summed E-state index contributed by atoms with van der Waals surface area (Å²) in [5.74, 6) is 3.46. The summed E-state index contributed by atoms with van der Waals surface area (Å²) >= 11 is 0. The predicted molar refractivity (Wildman–Crippen MR) is 98.1 cm³/mol. The number of likely N-dealkylation sites (N-methyl/N-ethyl adjacent to an activating group) is 1. The molecule has 3 aliphatic rings. The van der Waals surface area contributed by atoms with E-state index in [0.29, 0.717) is 23.5 Å². The van der Waals surface area contributed by atoms with Crippen LogP contribution in [0.2, 0.25) is 0 Å². The van der Waals surface area contributed by atoms with Crippen LogP contribution in [0.4, 0.5) is 5.82 Å². The number of sulfone groups is 1. The van der Waals surface area contributed by atoms with Crippen LogP contribution in [-0.4, -0.2) is 77.4 Å². The fourth-order valence-corrected chi connectivity index (χ4v) is 5.90. The molecule has 0 N–H and O–H groups in total. The predicted octanol–water partition coefficient (Wildman–Crippen LogP) is 0.557. The van der Waals surface area contributed by atoms with Crippen LogP contribution in [0, 0.1) is 5.92 Å². The Labute approximate surface area is 153 Å². The maximum atomic E-state index is 11.6. The minimum absolute atomic E-state index is 0.284. The van der Waals surface area contributed by atoms with Gasteiger partial charge in [0.2, 0.25) is 0 Å². The van der Waals surface area contributed by atoms with Gasteiger partial charge >= 0.3 is 0 Å². The molecule has 2 aromatic heterocycles. The molecule has 3 fully saturated rings. The minimum atomic E-state index is -2.79. The Morgan fingerprint density at radius 3 is 2.69 bits per heavy atom. The van der Waals surface area contributed by atoms with E-state index in [4.69, 9.17) is 5.10 Å². The Bertz CT molecular complexity index is 932. The maximum absolute atomic E-state index is 11.6. The zero-order valence-electron chi connectivity index (χ0n) is 15.0. The average Bonchev–Trinajstić information content (AvgIpc) is 3.21. The zero-order chi connectivity index (χ0) is 17.9. The second-order valence-electron chi connectivity index (χ2n) is 8.06. The van der Waals surface area contributed by atoms with Gasteiger partial charge < -0.3 is 4.90 Å². The molecule has 9 heteroatoms. The van der Waals surface area contributed by atoms with E-state index in [1.165, 1.54) is 12.8 Å². The molecule has 0 aromatic carbocycles. The molecule has 1 atom stereocenters. The number of hydrogen-bond donors (Lipinski definition) is 0. The summed E-state index contributed by atoms with van der Waals surface area (Å²) in [5.41, 5.74) is 0.812. The van der Waals surface area contributed by atoms with Crippen molar-refractivity contribution in [3.63, 3.8) is 0 Å². The Kier molecular flexibility index (Phi) is 3.72. The van der Waals surface area contributed by atoms with Crippen molar-refractivity contribution in [2.24, 2.45) is 5.92 Å². The number of fused-ring (bicyclic) bond motifs is 1. The second-order valence-corrected chi connectivity index (χ2v) is 10.3. The van der Waals surface area contributed by atoms with Crippen LogP contribution in [-0.2, 0) is 9.84 Å². The zero-order valence-corrected chi connectivity index (χ0v) is 15.8. The van der Waals surface area contributed by atoms with Crippen LogP contribution in [0.25, 0.3) is 5.65 Å². The van der Waals surface area contributed by atoms with Crippen molar-refractivity contribution in [3.05, 3.63) is 18.0 Å². The lowest BCUT2D eigenvalue weighted by Gasteiger charge is -2.45. The van der Waals surface area contributed by atoms with Crippen molar-refractivity contribution >= 4 is 21.3 Å². The Morgan fingerprint density at radius 2 is 2.00 bits per heavy atom. The minimum Gasteiger partial charge on any atom is -0.352 e. The molecule has 1 aliphatic carbocycles. The van der Waals surface area contributed by atoms with E-state index in [1.54, 1.807) is 0 Å². The van der Waals surface area contributed by atoms with Crippen molar-refractivity contribution < 1.29 is 8.42 Å². The lowest BCUT2D eigenvalue weighted by atomic mass is 10.0. The largest absolute Gasteiger partial charge is 0.352 e. The van der Waals surface area contributed by atoms with Crippen molar-refractivity contribution in [1.29, 1.82) is 0 Å². The summed E-state index contributed by atoms with van der Waals surface area (Å²) < 4.78 is 25.2. The third-order valence-electron chi connectivity index (χ3n) is 5.90. The fourth-order valence-electron chi connectivity index (χ4n) is 4.05. The molecule has 0 amide bonds. The van der Waals surface area contributed by atoms with Gasteiger partial charge in [-0.2, -0.15) is 4.52 Å². The molecule has 140 valence electrons. The highest BCUT2D eigenvalue weighted by molar-refractivity contribution is 7.91.